The second kappa shape index (κ2) is 12.3. The number of likely N-dealkylation sites (N-methyl/N-ethyl adjacent to an activating group) is 1. The first kappa shape index (κ1) is 27.5. The number of fused-ring (bicyclic) bond motifs is 1. The van der Waals surface area contributed by atoms with E-state index in [2.05, 4.69) is 31.0 Å². The molecule has 1 aliphatic heterocycles. The van der Waals surface area contributed by atoms with Crippen molar-refractivity contribution in [2.45, 2.75) is 32.5 Å². The lowest BCUT2D eigenvalue weighted by atomic mass is 9.98. The number of hydrogen-bond acceptors (Lipinski definition) is 6. The van der Waals surface area contributed by atoms with Crippen molar-refractivity contribution in [1.29, 1.82) is 0 Å². The maximum atomic E-state index is 13.5. The maximum Gasteiger partial charge on any atom is 0.258 e. The van der Waals surface area contributed by atoms with Crippen LogP contribution in [0.3, 0.4) is 0 Å². The van der Waals surface area contributed by atoms with Gasteiger partial charge in [-0.2, -0.15) is 0 Å². The molecule has 0 unspecified atom stereocenters. The molecule has 4 rings (SSSR count). The normalized spacial score (nSPS) is 18.3. The molecule has 3 aromatic rings. The summed E-state index contributed by atoms with van der Waals surface area (Å²) < 4.78 is 12.6. The Hall–Kier alpha value is -3.55. The van der Waals surface area contributed by atoms with Crippen LogP contribution in [0.25, 0.3) is 0 Å². The van der Waals surface area contributed by atoms with Crippen molar-refractivity contribution in [3.63, 3.8) is 0 Å². The molecule has 0 spiro atoms. The minimum absolute atomic E-state index is 0.0559. The Morgan fingerprint density at radius 3 is 2.34 bits per heavy atom. The van der Waals surface area contributed by atoms with Crippen LogP contribution in [0.5, 0.6) is 17.2 Å². The summed E-state index contributed by atoms with van der Waals surface area (Å²) in [5.74, 6) is 2.16. The fourth-order valence-electron chi connectivity index (χ4n) is 4.77. The quantitative estimate of drug-likeness (QED) is 0.436. The van der Waals surface area contributed by atoms with Crippen LogP contribution < -0.4 is 14.4 Å². The van der Waals surface area contributed by atoms with Crippen LogP contribution in [0.1, 0.15) is 29.8 Å². The zero-order valence-corrected chi connectivity index (χ0v) is 23.0. The second-order valence-corrected chi connectivity index (χ2v) is 10.4. The second-order valence-electron chi connectivity index (χ2n) is 10.4. The molecule has 0 aromatic heterocycles. The zero-order valence-electron chi connectivity index (χ0n) is 23.0. The summed E-state index contributed by atoms with van der Waals surface area (Å²) in [5.41, 5.74) is 2.57. The molecule has 1 heterocycles. The number of aliphatic hydroxyl groups excluding tert-OH is 1. The van der Waals surface area contributed by atoms with E-state index in [9.17, 15) is 9.90 Å². The monoisotopic (exact) mass is 517 g/mol. The highest BCUT2D eigenvalue weighted by atomic mass is 16.5. The topological polar surface area (TPSA) is 65.5 Å². The van der Waals surface area contributed by atoms with Gasteiger partial charge in [0.15, 0.2) is 5.75 Å². The van der Waals surface area contributed by atoms with Crippen LogP contribution in [-0.4, -0.2) is 73.8 Å². The molecule has 0 bridgehead atoms. The van der Waals surface area contributed by atoms with Gasteiger partial charge in [-0.15, -0.1) is 0 Å². The van der Waals surface area contributed by atoms with Crippen molar-refractivity contribution < 1.29 is 19.4 Å². The number of benzene rings is 3. The summed E-state index contributed by atoms with van der Waals surface area (Å²) in [6.07, 6.45) is -0.151. The molecule has 1 N–H and O–H groups in total. The number of hydrogen-bond donors (Lipinski definition) is 1. The molecule has 7 heteroatoms. The Morgan fingerprint density at radius 2 is 1.68 bits per heavy atom. The molecule has 0 fully saturated rings. The molecule has 0 saturated carbocycles. The summed E-state index contributed by atoms with van der Waals surface area (Å²) in [6.45, 7) is 5.85. The Kier molecular flexibility index (Phi) is 8.92. The average Bonchev–Trinajstić information content (AvgIpc) is 2.91. The van der Waals surface area contributed by atoms with Crippen LogP contribution in [0, 0.1) is 5.92 Å². The largest absolute Gasteiger partial charge is 0.486 e. The summed E-state index contributed by atoms with van der Waals surface area (Å²) in [5, 5.41) is 9.87. The van der Waals surface area contributed by atoms with Crippen LogP contribution in [-0.2, 0) is 6.54 Å². The number of anilines is 1. The number of carbonyl (C=O) groups is 1. The molecule has 3 aromatic carbocycles. The van der Waals surface area contributed by atoms with Crippen molar-refractivity contribution in [3.8, 4) is 17.2 Å². The zero-order chi connectivity index (χ0) is 27.2. The lowest BCUT2D eigenvalue weighted by Crippen LogP contribution is -2.49. The number of para-hydroxylation sites is 2. The minimum Gasteiger partial charge on any atom is -0.486 e. The third-order valence-electron chi connectivity index (χ3n) is 7.00. The number of ether oxygens (including phenoxy) is 2. The van der Waals surface area contributed by atoms with Crippen LogP contribution in [0.15, 0.2) is 72.8 Å². The Morgan fingerprint density at radius 1 is 1.00 bits per heavy atom. The first-order valence-electron chi connectivity index (χ1n) is 13.2. The Labute approximate surface area is 226 Å². The smallest absolute Gasteiger partial charge is 0.258 e. The van der Waals surface area contributed by atoms with Crippen LogP contribution >= 0.6 is 0 Å². The SMILES string of the molecule is C[C@@H]1CN([C@H](C)CO)C(=O)c2cccc(N(C)C)c2O[C@H]1CN(C)Cc1ccc(Oc2ccccc2)cc1. The van der Waals surface area contributed by atoms with Gasteiger partial charge in [-0.3, -0.25) is 9.69 Å². The molecule has 0 aliphatic carbocycles. The summed E-state index contributed by atoms with van der Waals surface area (Å²) in [7, 11) is 5.99. The van der Waals surface area contributed by atoms with Gasteiger partial charge in [0, 0.05) is 39.6 Å². The first-order chi connectivity index (χ1) is 18.3. The van der Waals surface area contributed by atoms with Crippen LogP contribution in [0.2, 0.25) is 0 Å². The van der Waals surface area contributed by atoms with Crippen molar-refractivity contribution >= 4 is 11.6 Å². The van der Waals surface area contributed by atoms with E-state index in [1.807, 2.05) is 86.6 Å². The van der Waals surface area contributed by atoms with E-state index in [0.717, 1.165) is 23.7 Å². The predicted molar refractivity (Wildman–Crippen MR) is 151 cm³/mol. The van der Waals surface area contributed by atoms with Gasteiger partial charge in [0.1, 0.15) is 17.6 Å². The Bertz CT molecular complexity index is 1200. The van der Waals surface area contributed by atoms with Gasteiger partial charge < -0.3 is 24.4 Å². The Balaban J connectivity index is 1.51. The van der Waals surface area contributed by atoms with E-state index in [0.29, 0.717) is 24.4 Å². The van der Waals surface area contributed by atoms with E-state index >= 15 is 0 Å². The van der Waals surface area contributed by atoms with Gasteiger partial charge in [-0.1, -0.05) is 43.3 Å². The fraction of sp³-hybridized carbons (Fsp3) is 0.387. The van der Waals surface area contributed by atoms with E-state index in [4.69, 9.17) is 9.47 Å². The van der Waals surface area contributed by atoms with Crippen molar-refractivity contribution in [3.05, 3.63) is 83.9 Å². The summed E-state index contributed by atoms with van der Waals surface area (Å²) in [4.78, 5) is 19.5. The molecular weight excluding hydrogens is 478 g/mol. The highest BCUT2D eigenvalue weighted by Crippen LogP contribution is 2.36. The van der Waals surface area contributed by atoms with Gasteiger partial charge in [-0.25, -0.2) is 0 Å². The number of nitrogens with zero attached hydrogens (tertiary/aromatic N) is 3. The first-order valence-corrected chi connectivity index (χ1v) is 13.2. The highest BCUT2D eigenvalue weighted by molar-refractivity contribution is 5.99. The molecule has 38 heavy (non-hydrogen) atoms. The van der Waals surface area contributed by atoms with Gasteiger partial charge in [-0.05, 0) is 55.9 Å². The van der Waals surface area contributed by atoms with Gasteiger partial charge in [0.05, 0.1) is 23.9 Å². The summed E-state index contributed by atoms with van der Waals surface area (Å²) >= 11 is 0. The molecule has 202 valence electrons. The fourth-order valence-corrected chi connectivity index (χ4v) is 4.77. The number of amides is 1. The molecule has 3 atom stereocenters. The van der Waals surface area contributed by atoms with Gasteiger partial charge in [0.2, 0.25) is 0 Å². The van der Waals surface area contributed by atoms with Gasteiger partial charge in [0.25, 0.3) is 5.91 Å². The van der Waals surface area contributed by atoms with Crippen molar-refractivity contribution in [2.24, 2.45) is 5.92 Å². The van der Waals surface area contributed by atoms with E-state index in [1.165, 1.54) is 5.56 Å². The predicted octanol–water partition coefficient (Wildman–Crippen LogP) is 4.90. The van der Waals surface area contributed by atoms with E-state index in [1.54, 1.807) is 4.90 Å². The number of aliphatic hydroxyl groups is 1. The molecule has 0 saturated heterocycles. The van der Waals surface area contributed by atoms with Gasteiger partial charge >= 0.3 is 0 Å². The van der Waals surface area contributed by atoms with Crippen molar-refractivity contribution in [1.82, 2.24) is 9.80 Å². The highest BCUT2D eigenvalue weighted by Gasteiger charge is 2.34. The summed E-state index contributed by atoms with van der Waals surface area (Å²) in [6, 6.07) is 23.3. The van der Waals surface area contributed by atoms with E-state index in [-0.39, 0.29) is 30.6 Å². The minimum atomic E-state index is -0.283. The van der Waals surface area contributed by atoms with Crippen molar-refractivity contribution in [2.75, 3.05) is 45.7 Å². The standard InChI is InChI=1S/C31H39N3O4/c1-22-18-34(23(2)21-35)31(36)27-12-9-13-28(32(3)4)30(27)38-29(22)20-33(5)19-24-14-16-26(17-15-24)37-25-10-7-6-8-11-25/h6-17,22-23,29,35H,18-21H2,1-5H3/t22-,23-,29+/m1/s1. The molecule has 7 nitrogen and oxygen atoms in total. The lowest BCUT2D eigenvalue weighted by molar-refractivity contribution is 0.0343. The van der Waals surface area contributed by atoms with Crippen LogP contribution in [0.4, 0.5) is 5.69 Å². The average molecular weight is 518 g/mol. The van der Waals surface area contributed by atoms with E-state index < -0.39 is 0 Å². The molecule has 1 aliphatic rings. The number of carbonyl (C=O) groups excluding carboxylic acids is 1. The maximum absolute atomic E-state index is 13.5. The third kappa shape index (κ3) is 6.47. The molecule has 0 radical (unpaired) electrons. The molecular formula is C31H39N3O4. The third-order valence-corrected chi connectivity index (χ3v) is 7.00. The number of rotatable bonds is 9. The lowest BCUT2D eigenvalue weighted by Gasteiger charge is -2.39. The molecule has 1 amide bonds.